The number of pyridine rings is 1. The number of carboxylic acids is 1. The predicted octanol–water partition coefficient (Wildman–Crippen LogP) is 6.54. The van der Waals surface area contributed by atoms with Gasteiger partial charge >= 0.3 is 5.97 Å². The molecule has 0 saturated carbocycles. The molecule has 1 aromatic carbocycles. The van der Waals surface area contributed by atoms with Crippen LogP contribution in [-0.2, 0) is 27.2 Å². The fourth-order valence-electron chi connectivity index (χ4n) is 8.87. The van der Waals surface area contributed by atoms with E-state index in [4.69, 9.17) is 41.2 Å². The van der Waals surface area contributed by atoms with Gasteiger partial charge in [-0.25, -0.2) is 34.9 Å². The monoisotopic (exact) mass is 1180 g/mol. The quantitative estimate of drug-likeness (QED) is 0.0749. The number of ketones is 1. The molecule has 0 unspecified atom stereocenters. The average Bonchev–Trinajstić information content (AvgIpc) is 4.33. The number of nitrogens with zero attached hydrogens (tertiary/aromatic N) is 8. The summed E-state index contributed by atoms with van der Waals surface area (Å²) in [5, 5.41) is 37.0. The van der Waals surface area contributed by atoms with E-state index in [1.807, 2.05) is 12.3 Å². The molecule has 8 N–H and O–H groups in total. The minimum Gasteiger partial charge on any atom is -0.494 e. The smallest absolute Gasteiger partial charge is 0.303 e. The Morgan fingerprint density at radius 1 is 0.722 bits per heavy atom. The summed E-state index contributed by atoms with van der Waals surface area (Å²) in [7, 11) is 0. The highest BCUT2D eigenvalue weighted by Gasteiger charge is 2.45. The van der Waals surface area contributed by atoms with Gasteiger partial charge in [-0.2, -0.15) is 0 Å². The summed E-state index contributed by atoms with van der Waals surface area (Å²) in [5.74, 6) is -4.42. The third-order valence-electron chi connectivity index (χ3n) is 12.9. The van der Waals surface area contributed by atoms with E-state index in [-0.39, 0.29) is 78.8 Å². The first kappa shape index (κ1) is 54.7. The molecule has 5 amide bonds. The van der Waals surface area contributed by atoms with Gasteiger partial charge in [-0.15, -0.1) is 68.0 Å². The zero-order valence-electron chi connectivity index (χ0n) is 41.7. The minimum atomic E-state index is -1.17. The largest absolute Gasteiger partial charge is 0.494 e. The molecular formula is C51H46N12O10S6. The van der Waals surface area contributed by atoms with Crippen LogP contribution in [0.3, 0.4) is 0 Å². The first-order valence-corrected chi connectivity index (χ1v) is 29.6. The summed E-state index contributed by atoms with van der Waals surface area (Å²) < 4.78 is 5.74. The SMILES string of the molecule is Cc1sc2nc1C(=O)CCc1nc(cs1)C(=O)N[C@@H](Cc1ccc(OCCCC(=O)O)cc1)C(=O)N1C[C@H](O)[C@H](C)[C@H]1c1nc(cs1)-c1nc(cs1)-c1nc(-c3nc(C(N)=O)cs3)ccc1-c1nc(cs1)C(=O)N[C@H]2CC(N)=O. The summed E-state index contributed by atoms with van der Waals surface area (Å²) in [6, 6.07) is 7.48. The van der Waals surface area contributed by atoms with Crippen molar-refractivity contribution in [2.45, 2.75) is 76.6 Å². The van der Waals surface area contributed by atoms with Gasteiger partial charge in [-0.1, -0.05) is 19.1 Å². The number of ether oxygens (including phenoxy) is 1. The average molecular weight is 1180 g/mol. The molecule has 10 rings (SSSR count). The Hall–Kier alpha value is -7.60. The number of aromatic nitrogens is 7. The van der Waals surface area contributed by atoms with Crippen molar-refractivity contribution in [2.75, 3.05) is 13.2 Å². The number of aliphatic hydroxyl groups is 1. The minimum absolute atomic E-state index is 0.0201. The molecule has 0 aliphatic carbocycles. The third-order valence-corrected chi connectivity index (χ3v) is 18.4. The number of aliphatic carboxylic acids is 1. The number of benzene rings is 1. The molecule has 79 heavy (non-hydrogen) atoms. The van der Waals surface area contributed by atoms with E-state index < -0.39 is 65.7 Å². The number of nitrogens with one attached hydrogen (secondary N) is 2. The van der Waals surface area contributed by atoms with Gasteiger partial charge in [-0.05, 0) is 43.2 Å². The van der Waals surface area contributed by atoms with Crippen LogP contribution in [0, 0.1) is 12.8 Å². The zero-order chi connectivity index (χ0) is 55.6. The summed E-state index contributed by atoms with van der Waals surface area (Å²) in [5.41, 5.74) is 14.3. The van der Waals surface area contributed by atoms with E-state index in [0.717, 1.165) is 11.3 Å². The molecular weight excluding hydrogens is 1130 g/mol. The van der Waals surface area contributed by atoms with Gasteiger partial charge in [0.1, 0.15) is 76.7 Å². The lowest BCUT2D eigenvalue weighted by atomic mass is 10.00. The Bertz CT molecular complexity index is 3660. The van der Waals surface area contributed by atoms with Crippen LogP contribution in [0.25, 0.3) is 43.4 Å². The van der Waals surface area contributed by atoms with Crippen LogP contribution in [0.4, 0.5) is 0 Å². The van der Waals surface area contributed by atoms with Gasteiger partial charge in [0.2, 0.25) is 11.8 Å². The number of thiazole rings is 6. The molecule has 10 bridgehead atoms. The van der Waals surface area contributed by atoms with E-state index in [0.29, 0.717) is 76.0 Å². The number of carboxylic acid groups (broad SMARTS) is 1. The summed E-state index contributed by atoms with van der Waals surface area (Å²) in [4.78, 5) is 128. The Kier molecular flexibility index (Phi) is 16.2. The van der Waals surface area contributed by atoms with Crippen molar-refractivity contribution in [1.82, 2.24) is 50.4 Å². The number of hydrogen-bond donors (Lipinski definition) is 6. The highest BCUT2D eigenvalue weighted by Crippen LogP contribution is 2.42. The third kappa shape index (κ3) is 12.2. The van der Waals surface area contributed by atoms with E-state index in [2.05, 4.69) is 25.6 Å². The molecule has 28 heteroatoms. The van der Waals surface area contributed by atoms with Crippen molar-refractivity contribution in [3.63, 3.8) is 0 Å². The number of carbonyl (C=O) groups excluding carboxylic acids is 6. The van der Waals surface area contributed by atoms with Gasteiger partial charge in [0, 0.05) is 75.5 Å². The fourth-order valence-corrected chi connectivity index (χ4v) is 14.1. The van der Waals surface area contributed by atoms with Gasteiger partial charge in [0.05, 0.1) is 41.9 Å². The van der Waals surface area contributed by atoms with Gasteiger partial charge in [0.15, 0.2) is 5.78 Å². The predicted molar refractivity (Wildman–Crippen MR) is 296 cm³/mol. The van der Waals surface area contributed by atoms with Crippen molar-refractivity contribution < 1.29 is 48.5 Å². The zero-order valence-corrected chi connectivity index (χ0v) is 46.6. The van der Waals surface area contributed by atoms with Gasteiger partial charge in [-0.3, -0.25) is 33.6 Å². The molecule has 22 nitrogen and oxygen atoms in total. The normalized spacial score (nSPS) is 18.9. The first-order valence-electron chi connectivity index (χ1n) is 24.4. The second-order valence-corrected chi connectivity index (χ2v) is 24.1. The lowest BCUT2D eigenvalue weighted by Gasteiger charge is -2.29. The Balaban J connectivity index is 1.03. The van der Waals surface area contributed by atoms with Crippen LogP contribution in [0.1, 0.15) is 112 Å². The summed E-state index contributed by atoms with van der Waals surface area (Å²) >= 11 is 7.22. The number of aryl methyl sites for hydroxylation is 2. The van der Waals surface area contributed by atoms with Crippen molar-refractivity contribution >= 4 is 109 Å². The highest BCUT2D eigenvalue weighted by molar-refractivity contribution is 7.15. The maximum atomic E-state index is 15.1. The number of primary amides is 2. The van der Waals surface area contributed by atoms with Crippen LogP contribution < -0.4 is 26.8 Å². The van der Waals surface area contributed by atoms with Crippen molar-refractivity contribution in [2.24, 2.45) is 17.4 Å². The topological polar surface area (TPSA) is 339 Å². The molecule has 9 heterocycles. The number of rotatable bonds is 11. The molecule has 2 aliphatic rings. The number of hydrogen-bond acceptors (Lipinski definition) is 22. The number of fused-ring (bicyclic) bond motifs is 16. The molecule has 406 valence electrons. The van der Waals surface area contributed by atoms with Crippen molar-refractivity contribution in [1.29, 1.82) is 0 Å². The number of amides is 5. The standard InChI is InChI=1S/C51H46N12O10S6/c1-22-36(65)16-63-42(22)50-61-34(21-78-50)48-58-30(17-76-48)41-26(9-10-27(55-41)47-59-31(18-77-47)43(53)69)46-60-33(20-75-46)45(71)56-28(15-37(52)66)49-62-40(23(2)79-49)35(64)11-12-38-54-32(19-74-38)44(70)57-29(51(63)72)14-24-5-7-25(8-6-24)73-13-3-4-39(67)68/h5-10,17-22,28-29,36,42,65H,3-4,11-16H2,1-2H3,(H2,52,66)(H2,53,69)(H,56,71)(H,57,70)(H,67,68)/t22-,28-,29-,36-,42-/m0/s1. The Morgan fingerprint density at radius 2 is 1.41 bits per heavy atom. The number of carbonyl (C=O) groups is 7. The van der Waals surface area contributed by atoms with Gasteiger partial charge in [0.25, 0.3) is 17.7 Å². The number of Topliss-reactive ketones (excluding diaryl/α,β-unsaturated/α-hetero) is 1. The van der Waals surface area contributed by atoms with E-state index in [9.17, 15) is 33.9 Å². The van der Waals surface area contributed by atoms with Crippen LogP contribution in [0.2, 0.25) is 0 Å². The highest BCUT2D eigenvalue weighted by atomic mass is 32.1. The summed E-state index contributed by atoms with van der Waals surface area (Å²) in [6.45, 7) is 3.67. The molecule has 7 aromatic heterocycles. The molecule has 2 aliphatic heterocycles. The Labute approximate surface area is 473 Å². The second kappa shape index (κ2) is 23.4. The number of nitrogens with two attached hydrogens (primary N) is 2. The maximum absolute atomic E-state index is 15.1. The van der Waals surface area contributed by atoms with E-state index in [1.165, 1.54) is 62.1 Å². The molecule has 1 fully saturated rings. The molecule has 5 atom stereocenters. The fraction of sp³-hybridized carbons (Fsp3) is 0.294. The van der Waals surface area contributed by atoms with Crippen LogP contribution in [0.5, 0.6) is 5.75 Å². The second-order valence-electron chi connectivity index (χ2n) is 18.4. The Morgan fingerprint density at radius 3 is 2.15 bits per heavy atom. The van der Waals surface area contributed by atoms with Crippen molar-refractivity contribution in [3.05, 3.63) is 112 Å². The lowest BCUT2D eigenvalue weighted by Crippen LogP contribution is -2.50. The van der Waals surface area contributed by atoms with Gasteiger partial charge < -0.3 is 42.0 Å². The first-order chi connectivity index (χ1) is 38.0. The molecule has 0 spiro atoms. The molecule has 8 aromatic rings. The van der Waals surface area contributed by atoms with Crippen LogP contribution in [-0.4, -0.2) is 117 Å². The molecule has 1 saturated heterocycles. The lowest BCUT2D eigenvalue weighted by molar-refractivity contribution is -0.137. The van der Waals surface area contributed by atoms with E-state index in [1.54, 1.807) is 64.4 Å². The van der Waals surface area contributed by atoms with Crippen LogP contribution >= 0.6 is 68.0 Å². The van der Waals surface area contributed by atoms with Crippen molar-refractivity contribution in [3.8, 4) is 49.1 Å². The molecule has 0 radical (unpaired) electrons. The number of aliphatic hydroxyl groups excluding tert-OH is 1. The van der Waals surface area contributed by atoms with Crippen LogP contribution in [0.15, 0.2) is 63.3 Å². The summed E-state index contributed by atoms with van der Waals surface area (Å²) in [6.07, 6.45) is -0.864. The van der Waals surface area contributed by atoms with E-state index >= 15 is 4.79 Å². The maximum Gasteiger partial charge on any atom is 0.303 e.